The molecule has 1 aliphatic rings. The van der Waals surface area contributed by atoms with E-state index in [0.29, 0.717) is 11.1 Å². The van der Waals surface area contributed by atoms with Crippen LogP contribution in [0.5, 0.6) is 0 Å². The van der Waals surface area contributed by atoms with Crippen molar-refractivity contribution in [3.63, 3.8) is 0 Å². The van der Waals surface area contributed by atoms with E-state index < -0.39 is 32.0 Å². The maximum Gasteiger partial charge on any atom is 0.336 e. The number of carbonyl (C=O) groups excluding carboxylic acids is 3. The first-order valence-corrected chi connectivity index (χ1v) is 13.7. The molecule has 7 nitrogen and oxygen atoms in total. The number of carbonyl (C=O) groups is 3. The monoisotopic (exact) mass is 460 g/mol. The molecule has 1 unspecified atom stereocenters. The Kier molecular flexibility index (Phi) is 7.54. The lowest BCUT2D eigenvalue weighted by Crippen LogP contribution is -2.53. The summed E-state index contributed by atoms with van der Waals surface area (Å²) in [5, 5.41) is -0.128. The van der Waals surface area contributed by atoms with Crippen molar-refractivity contribution in [1.29, 1.82) is 0 Å². The fraction of sp³-hybridized carbons (Fsp3) is 0.542. The van der Waals surface area contributed by atoms with Crippen molar-refractivity contribution < 1.29 is 23.5 Å². The molecule has 1 heterocycles. The van der Waals surface area contributed by atoms with Crippen molar-refractivity contribution in [2.24, 2.45) is 5.73 Å². The third-order valence-electron chi connectivity index (χ3n) is 5.74. The van der Waals surface area contributed by atoms with Crippen molar-refractivity contribution in [2.75, 3.05) is 6.54 Å². The molecule has 0 fully saturated rings. The Morgan fingerprint density at radius 2 is 1.56 bits per heavy atom. The first-order chi connectivity index (χ1) is 14.5. The van der Waals surface area contributed by atoms with Crippen LogP contribution < -0.4 is 5.73 Å². The largest absolute Gasteiger partial charge is 0.458 e. The van der Waals surface area contributed by atoms with Crippen LogP contribution in [0.25, 0.3) is 0 Å². The van der Waals surface area contributed by atoms with Gasteiger partial charge in [0.15, 0.2) is 14.4 Å². The molecule has 176 valence electrons. The quantitative estimate of drug-likeness (QED) is 0.287. The Labute approximate surface area is 192 Å². The van der Waals surface area contributed by atoms with Crippen LogP contribution >= 0.6 is 0 Å². The van der Waals surface area contributed by atoms with E-state index in [1.165, 1.54) is 0 Å². The first kappa shape index (κ1) is 26.0. The van der Waals surface area contributed by atoms with Crippen LogP contribution in [0.15, 0.2) is 36.4 Å². The molecule has 2 amide bonds. The molecule has 32 heavy (non-hydrogen) atoms. The SMILES string of the molecule is CC(C)(C)OC(=O)C(O[Si](C)(C)C(C)(C)C)[C@@H](N)C=CCN1C(=O)c2ccccc2C1=O. The average molecular weight is 461 g/mol. The standard InChI is InChI=1S/C24H36N2O5Si/c1-23(2,3)30-22(29)19(31-32(7,8)24(4,5)6)18(25)14-11-15-26-20(27)16-12-9-10-13-17(16)21(26)28/h9-14,18-19H,15,25H2,1-8H3/t18-,19?/m0/s1. The molecular formula is C24H36N2O5Si. The number of rotatable bonds is 7. The van der Waals surface area contributed by atoms with Gasteiger partial charge in [0.2, 0.25) is 0 Å². The molecular weight excluding hydrogens is 424 g/mol. The Balaban J connectivity index is 2.18. The van der Waals surface area contributed by atoms with E-state index in [1.54, 1.807) is 57.2 Å². The minimum absolute atomic E-state index is 0.0567. The Hall–Kier alpha value is -2.29. The van der Waals surface area contributed by atoms with Gasteiger partial charge in [0.05, 0.1) is 17.2 Å². The van der Waals surface area contributed by atoms with E-state index in [9.17, 15) is 14.4 Å². The van der Waals surface area contributed by atoms with Gasteiger partial charge in [0.25, 0.3) is 11.8 Å². The number of hydrogen-bond acceptors (Lipinski definition) is 6. The van der Waals surface area contributed by atoms with E-state index in [1.807, 2.05) is 13.1 Å². The van der Waals surface area contributed by atoms with Gasteiger partial charge < -0.3 is 14.9 Å². The van der Waals surface area contributed by atoms with E-state index in [4.69, 9.17) is 14.9 Å². The smallest absolute Gasteiger partial charge is 0.336 e. The highest BCUT2D eigenvalue weighted by molar-refractivity contribution is 6.74. The maximum absolute atomic E-state index is 12.9. The van der Waals surface area contributed by atoms with Gasteiger partial charge in [0.1, 0.15) is 5.60 Å². The summed E-state index contributed by atoms with van der Waals surface area (Å²) in [7, 11) is -2.33. The number of nitrogens with two attached hydrogens (primary N) is 1. The fourth-order valence-corrected chi connectivity index (χ4v) is 4.21. The van der Waals surface area contributed by atoms with Crippen molar-refractivity contribution in [1.82, 2.24) is 4.90 Å². The Bertz CT molecular complexity index is 877. The second-order valence-electron chi connectivity index (χ2n) is 10.6. The Morgan fingerprint density at radius 1 is 1.06 bits per heavy atom. The number of nitrogens with zero attached hydrogens (tertiary/aromatic N) is 1. The van der Waals surface area contributed by atoms with Crippen molar-refractivity contribution >= 4 is 26.1 Å². The highest BCUT2D eigenvalue weighted by Gasteiger charge is 2.43. The molecule has 2 N–H and O–H groups in total. The zero-order valence-electron chi connectivity index (χ0n) is 20.4. The third kappa shape index (κ3) is 5.93. The van der Waals surface area contributed by atoms with Gasteiger partial charge in [-0.2, -0.15) is 0 Å². The second-order valence-corrected chi connectivity index (χ2v) is 15.4. The highest BCUT2D eigenvalue weighted by atomic mass is 28.4. The molecule has 0 bridgehead atoms. The number of hydrogen-bond donors (Lipinski definition) is 1. The van der Waals surface area contributed by atoms with Crippen LogP contribution in [0, 0.1) is 0 Å². The summed E-state index contributed by atoms with van der Waals surface area (Å²) < 4.78 is 11.9. The molecule has 0 saturated heterocycles. The second kappa shape index (κ2) is 9.29. The van der Waals surface area contributed by atoms with Crippen LogP contribution in [0.1, 0.15) is 62.3 Å². The molecule has 0 aliphatic carbocycles. The zero-order valence-corrected chi connectivity index (χ0v) is 21.4. The van der Waals surface area contributed by atoms with Crippen LogP contribution in [0.4, 0.5) is 0 Å². The van der Waals surface area contributed by atoms with Crippen LogP contribution in [0.2, 0.25) is 18.1 Å². The van der Waals surface area contributed by atoms with Crippen molar-refractivity contribution in [3.8, 4) is 0 Å². The summed E-state index contributed by atoms with van der Waals surface area (Å²) in [5.41, 5.74) is 6.45. The Morgan fingerprint density at radius 3 is 2.00 bits per heavy atom. The van der Waals surface area contributed by atoms with Crippen LogP contribution in [0.3, 0.4) is 0 Å². The van der Waals surface area contributed by atoms with Gasteiger partial charge in [-0.25, -0.2) is 4.79 Å². The van der Waals surface area contributed by atoms with Gasteiger partial charge in [-0.1, -0.05) is 45.1 Å². The number of amides is 2. The summed E-state index contributed by atoms with van der Waals surface area (Å²) in [5.74, 6) is -1.21. The molecule has 1 aromatic carbocycles. The molecule has 2 rings (SSSR count). The van der Waals surface area contributed by atoms with Gasteiger partial charge in [-0.15, -0.1) is 0 Å². The zero-order chi connectivity index (χ0) is 24.5. The number of imide groups is 1. The summed E-state index contributed by atoms with van der Waals surface area (Å²) in [6.45, 7) is 15.7. The molecule has 0 spiro atoms. The molecule has 0 saturated carbocycles. The van der Waals surface area contributed by atoms with Gasteiger partial charge in [0, 0.05) is 6.54 Å². The third-order valence-corrected chi connectivity index (χ3v) is 10.2. The average Bonchev–Trinajstić information content (AvgIpc) is 2.89. The summed E-state index contributed by atoms with van der Waals surface area (Å²) in [6, 6.07) is 5.92. The molecule has 1 aromatic rings. The minimum atomic E-state index is -2.33. The van der Waals surface area contributed by atoms with Crippen molar-refractivity contribution in [3.05, 3.63) is 47.5 Å². The molecule has 2 atom stereocenters. The topological polar surface area (TPSA) is 98.9 Å². The van der Waals surface area contributed by atoms with E-state index in [-0.39, 0.29) is 23.4 Å². The van der Waals surface area contributed by atoms with Gasteiger partial charge >= 0.3 is 5.97 Å². The molecule has 1 aliphatic heterocycles. The van der Waals surface area contributed by atoms with E-state index in [0.717, 1.165) is 4.90 Å². The predicted octanol–water partition coefficient (Wildman–Crippen LogP) is 3.90. The summed E-state index contributed by atoms with van der Waals surface area (Å²) in [4.78, 5) is 39.1. The van der Waals surface area contributed by atoms with Crippen molar-refractivity contribution in [2.45, 2.75) is 77.4 Å². The van der Waals surface area contributed by atoms with E-state index in [2.05, 4.69) is 20.8 Å². The number of benzene rings is 1. The summed E-state index contributed by atoms with van der Waals surface area (Å²) >= 11 is 0. The van der Waals surface area contributed by atoms with E-state index >= 15 is 0 Å². The normalized spacial score (nSPS) is 17.0. The minimum Gasteiger partial charge on any atom is -0.458 e. The highest BCUT2D eigenvalue weighted by Crippen LogP contribution is 2.38. The van der Waals surface area contributed by atoms with Crippen LogP contribution in [-0.4, -0.2) is 55.3 Å². The molecule has 8 heteroatoms. The lowest BCUT2D eigenvalue weighted by molar-refractivity contribution is -0.164. The first-order valence-electron chi connectivity index (χ1n) is 10.8. The molecule has 0 aromatic heterocycles. The predicted molar refractivity (Wildman–Crippen MR) is 127 cm³/mol. The molecule has 0 radical (unpaired) electrons. The number of ether oxygens (including phenoxy) is 1. The van der Waals surface area contributed by atoms with Gasteiger partial charge in [-0.3, -0.25) is 14.5 Å². The summed E-state index contributed by atoms with van der Waals surface area (Å²) in [6.07, 6.45) is 2.23. The number of esters is 1. The van der Waals surface area contributed by atoms with Gasteiger partial charge in [-0.05, 0) is 51.0 Å². The number of fused-ring (bicyclic) bond motifs is 1. The van der Waals surface area contributed by atoms with Crippen LogP contribution in [-0.2, 0) is 14.0 Å². The lowest BCUT2D eigenvalue weighted by Gasteiger charge is -2.40. The fourth-order valence-electron chi connectivity index (χ4n) is 2.97. The lowest BCUT2D eigenvalue weighted by atomic mass is 10.1. The maximum atomic E-state index is 12.9.